The number of aromatic hydroxyl groups is 1. The number of primary amides is 1. The zero-order valence-electron chi connectivity index (χ0n) is 13.4. The number of phenols is 1. The van der Waals surface area contributed by atoms with E-state index in [2.05, 4.69) is 11.2 Å². The summed E-state index contributed by atoms with van der Waals surface area (Å²) in [5.74, 6) is -0.119. The Morgan fingerprint density at radius 2 is 2.00 bits per heavy atom. The second-order valence-electron chi connectivity index (χ2n) is 5.73. The summed E-state index contributed by atoms with van der Waals surface area (Å²) in [4.78, 5) is 11.2. The summed E-state index contributed by atoms with van der Waals surface area (Å²) in [6.45, 7) is 0. The summed E-state index contributed by atoms with van der Waals surface area (Å²) in [5.41, 5.74) is 10.2. The molecule has 1 aromatic heterocycles. The van der Waals surface area contributed by atoms with Crippen LogP contribution in [0.4, 0.5) is 0 Å². The smallest absolute Gasteiger partial charge is 0.217 e. The lowest BCUT2D eigenvalue weighted by atomic mass is 9.93. The predicted molar refractivity (Wildman–Crippen MR) is 93.3 cm³/mol. The van der Waals surface area contributed by atoms with Gasteiger partial charge in [0.05, 0.1) is 5.69 Å². The SMILES string of the molecule is Cn1nccc1-c1ccc(-c2cccc(O)c2)c(CCC(N)=O)c1. The molecule has 122 valence electrons. The number of carbonyl (C=O) groups is 1. The normalized spacial score (nSPS) is 10.7. The Morgan fingerprint density at radius 3 is 2.67 bits per heavy atom. The molecule has 3 N–H and O–H groups in total. The highest BCUT2D eigenvalue weighted by atomic mass is 16.3. The second kappa shape index (κ2) is 6.58. The molecule has 0 spiro atoms. The molecule has 0 saturated carbocycles. The van der Waals surface area contributed by atoms with Crippen molar-refractivity contribution in [1.29, 1.82) is 0 Å². The Kier molecular flexibility index (Phi) is 4.33. The van der Waals surface area contributed by atoms with E-state index in [1.165, 1.54) is 0 Å². The average molecular weight is 321 g/mol. The zero-order chi connectivity index (χ0) is 17.1. The van der Waals surface area contributed by atoms with Crippen molar-refractivity contribution in [2.75, 3.05) is 0 Å². The predicted octanol–water partition coefficient (Wildman–Crippen LogP) is 2.88. The molecule has 3 aromatic rings. The minimum Gasteiger partial charge on any atom is -0.508 e. The van der Waals surface area contributed by atoms with Gasteiger partial charge in [0.2, 0.25) is 5.91 Å². The van der Waals surface area contributed by atoms with E-state index in [0.717, 1.165) is 27.9 Å². The van der Waals surface area contributed by atoms with Crippen molar-refractivity contribution in [2.45, 2.75) is 12.8 Å². The summed E-state index contributed by atoms with van der Waals surface area (Å²) < 4.78 is 1.81. The highest BCUT2D eigenvalue weighted by Gasteiger charge is 2.11. The Morgan fingerprint density at radius 1 is 1.17 bits per heavy atom. The molecule has 0 fully saturated rings. The van der Waals surface area contributed by atoms with Gasteiger partial charge in [-0.1, -0.05) is 24.3 Å². The first-order valence-corrected chi connectivity index (χ1v) is 7.73. The van der Waals surface area contributed by atoms with Crippen molar-refractivity contribution >= 4 is 5.91 Å². The molecule has 5 nitrogen and oxygen atoms in total. The molecule has 2 aromatic carbocycles. The third-order valence-electron chi connectivity index (χ3n) is 4.02. The van der Waals surface area contributed by atoms with E-state index < -0.39 is 0 Å². The van der Waals surface area contributed by atoms with Crippen LogP contribution in [0.2, 0.25) is 0 Å². The molecule has 0 radical (unpaired) electrons. The van der Waals surface area contributed by atoms with Gasteiger partial charge < -0.3 is 10.8 Å². The number of carbonyl (C=O) groups excluding carboxylic acids is 1. The van der Waals surface area contributed by atoms with Gasteiger partial charge in [-0.25, -0.2) is 0 Å². The third-order valence-corrected chi connectivity index (χ3v) is 4.02. The summed E-state index contributed by atoms with van der Waals surface area (Å²) in [6, 6.07) is 15.1. The van der Waals surface area contributed by atoms with Crippen molar-refractivity contribution in [1.82, 2.24) is 9.78 Å². The molecule has 3 rings (SSSR count). The number of aromatic nitrogens is 2. The highest BCUT2D eigenvalue weighted by Crippen LogP contribution is 2.31. The minimum absolute atomic E-state index is 0.212. The molecular formula is C19H19N3O2. The topological polar surface area (TPSA) is 81.1 Å². The molecule has 0 unspecified atom stereocenters. The Labute approximate surface area is 140 Å². The van der Waals surface area contributed by atoms with Crippen LogP contribution >= 0.6 is 0 Å². The molecule has 5 heteroatoms. The lowest BCUT2D eigenvalue weighted by Crippen LogP contribution is -2.11. The van der Waals surface area contributed by atoms with E-state index in [9.17, 15) is 9.90 Å². The maximum Gasteiger partial charge on any atom is 0.217 e. The van der Waals surface area contributed by atoms with Gasteiger partial charge in [-0.15, -0.1) is 0 Å². The minimum atomic E-state index is -0.331. The fourth-order valence-electron chi connectivity index (χ4n) is 2.83. The molecule has 1 amide bonds. The first-order chi connectivity index (χ1) is 11.5. The Bertz CT molecular complexity index is 884. The number of hydrogen-bond acceptors (Lipinski definition) is 3. The van der Waals surface area contributed by atoms with Crippen LogP contribution in [0.3, 0.4) is 0 Å². The van der Waals surface area contributed by atoms with Crippen LogP contribution in [-0.4, -0.2) is 20.8 Å². The average Bonchev–Trinajstić information content (AvgIpc) is 2.98. The van der Waals surface area contributed by atoms with Crippen LogP contribution in [-0.2, 0) is 18.3 Å². The Hall–Kier alpha value is -3.08. The van der Waals surface area contributed by atoms with Crippen molar-refractivity contribution in [3.05, 3.63) is 60.3 Å². The van der Waals surface area contributed by atoms with Crippen LogP contribution in [0, 0.1) is 0 Å². The van der Waals surface area contributed by atoms with Gasteiger partial charge in [-0.05, 0) is 47.4 Å². The van der Waals surface area contributed by atoms with Crippen LogP contribution in [0.15, 0.2) is 54.7 Å². The van der Waals surface area contributed by atoms with E-state index in [1.807, 2.05) is 31.3 Å². The lowest BCUT2D eigenvalue weighted by molar-refractivity contribution is -0.117. The molecule has 0 atom stereocenters. The van der Waals surface area contributed by atoms with Crippen molar-refractivity contribution < 1.29 is 9.90 Å². The van der Waals surface area contributed by atoms with Gasteiger partial charge in [0, 0.05) is 25.2 Å². The fraction of sp³-hybridized carbons (Fsp3) is 0.158. The quantitative estimate of drug-likeness (QED) is 0.758. The summed E-state index contributed by atoms with van der Waals surface area (Å²) in [5, 5.41) is 13.9. The van der Waals surface area contributed by atoms with Crippen molar-refractivity contribution in [3.63, 3.8) is 0 Å². The first-order valence-electron chi connectivity index (χ1n) is 7.73. The number of phenolic OH excluding ortho intramolecular Hbond substituents is 1. The lowest BCUT2D eigenvalue weighted by Gasteiger charge is -2.12. The number of amides is 1. The van der Waals surface area contributed by atoms with Crippen LogP contribution in [0.1, 0.15) is 12.0 Å². The second-order valence-corrected chi connectivity index (χ2v) is 5.73. The van der Waals surface area contributed by atoms with E-state index in [0.29, 0.717) is 6.42 Å². The molecule has 0 aliphatic heterocycles. The summed E-state index contributed by atoms with van der Waals surface area (Å²) in [7, 11) is 1.89. The molecule has 0 saturated heterocycles. The summed E-state index contributed by atoms with van der Waals surface area (Å²) in [6.07, 6.45) is 2.58. The van der Waals surface area contributed by atoms with Crippen LogP contribution in [0.25, 0.3) is 22.4 Å². The largest absolute Gasteiger partial charge is 0.508 e. The van der Waals surface area contributed by atoms with Gasteiger partial charge >= 0.3 is 0 Å². The van der Waals surface area contributed by atoms with Crippen molar-refractivity contribution in [3.8, 4) is 28.1 Å². The van der Waals surface area contributed by atoms with E-state index in [4.69, 9.17) is 5.73 Å². The molecule has 0 aliphatic rings. The highest BCUT2D eigenvalue weighted by molar-refractivity contribution is 5.77. The molecular weight excluding hydrogens is 302 g/mol. The number of nitrogens with zero attached hydrogens (tertiary/aromatic N) is 2. The monoisotopic (exact) mass is 321 g/mol. The van der Waals surface area contributed by atoms with Crippen molar-refractivity contribution in [2.24, 2.45) is 12.8 Å². The number of aryl methyl sites for hydroxylation is 2. The van der Waals surface area contributed by atoms with E-state index in [-0.39, 0.29) is 18.1 Å². The van der Waals surface area contributed by atoms with Gasteiger partial charge in [0.1, 0.15) is 5.75 Å². The van der Waals surface area contributed by atoms with E-state index in [1.54, 1.807) is 29.1 Å². The van der Waals surface area contributed by atoms with Gasteiger partial charge in [0.25, 0.3) is 0 Å². The van der Waals surface area contributed by atoms with Gasteiger partial charge in [0.15, 0.2) is 0 Å². The molecule has 24 heavy (non-hydrogen) atoms. The number of benzene rings is 2. The first kappa shape index (κ1) is 15.8. The Balaban J connectivity index is 2.07. The van der Waals surface area contributed by atoms with Crippen LogP contribution in [0.5, 0.6) is 5.75 Å². The zero-order valence-corrected chi connectivity index (χ0v) is 13.4. The fourth-order valence-corrected chi connectivity index (χ4v) is 2.83. The maximum atomic E-state index is 11.2. The third kappa shape index (κ3) is 3.30. The standard InChI is InChI=1S/C19H19N3O2/c1-22-18(9-10-21-22)15-5-7-17(13-3-2-4-16(23)12-13)14(11-15)6-8-19(20)24/h2-5,7,9-12,23H,6,8H2,1H3,(H2,20,24). The molecule has 0 aliphatic carbocycles. The molecule has 0 bridgehead atoms. The van der Waals surface area contributed by atoms with E-state index >= 15 is 0 Å². The van der Waals surface area contributed by atoms with Gasteiger partial charge in [-0.3, -0.25) is 9.48 Å². The van der Waals surface area contributed by atoms with Crippen LogP contribution < -0.4 is 5.73 Å². The molecule has 1 heterocycles. The van der Waals surface area contributed by atoms with Gasteiger partial charge in [-0.2, -0.15) is 5.10 Å². The number of nitrogens with two attached hydrogens (primary N) is 1. The number of hydrogen-bond donors (Lipinski definition) is 2. The summed E-state index contributed by atoms with van der Waals surface area (Å²) >= 11 is 0. The maximum absolute atomic E-state index is 11.2. The number of rotatable bonds is 5.